The fourth-order valence-corrected chi connectivity index (χ4v) is 6.76. The van der Waals surface area contributed by atoms with Gasteiger partial charge in [0.2, 0.25) is 5.91 Å². The average Bonchev–Trinajstić information content (AvgIpc) is 3.65. The third-order valence-corrected chi connectivity index (χ3v) is 9.83. The molecular weight excluding hydrogens is 701 g/mol. The largest absolute Gasteiger partial charge is 0.497 e. The molecule has 0 spiro atoms. The molecule has 3 N–H and O–H groups in total. The summed E-state index contributed by atoms with van der Waals surface area (Å²) in [4.78, 5) is 45.7. The summed E-state index contributed by atoms with van der Waals surface area (Å²) in [6.07, 6.45) is 2.07. The highest BCUT2D eigenvalue weighted by molar-refractivity contribution is 8.00. The van der Waals surface area contributed by atoms with E-state index in [0.29, 0.717) is 57.1 Å². The number of carbonyl (C=O) groups is 3. The van der Waals surface area contributed by atoms with Crippen LogP contribution in [-0.4, -0.2) is 56.4 Å². The molecule has 1 heterocycles. The van der Waals surface area contributed by atoms with E-state index in [1.165, 1.54) is 43.4 Å². The molecule has 0 aliphatic heterocycles. The number of benzene rings is 4. The van der Waals surface area contributed by atoms with Crippen molar-refractivity contribution >= 4 is 57.7 Å². The molecule has 0 saturated carbocycles. The van der Waals surface area contributed by atoms with Gasteiger partial charge in [0.1, 0.15) is 17.2 Å². The maximum Gasteiger partial charge on any atom is 0.272 e. The van der Waals surface area contributed by atoms with Crippen molar-refractivity contribution in [3.63, 3.8) is 0 Å². The molecule has 0 bridgehead atoms. The number of thiazole rings is 1. The van der Waals surface area contributed by atoms with E-state index in [9.17, 15) is 14.4 Å². The molecule has 1 aromatic heterocycles. The summed E-state index contributed by atoms with van der Waals surface area (Å²) >= 11 is 2.69. The van der Waals surface area contributed by atoms with Gasteiger partial charge in [0.05, 0.1) is 39.4 Å². The van der Waals surface area contributed by atoms with Crippen molar-refractivity contribution in [2.24, 2.45) is 0 Å². The summed E-state index contributed by atoms with van der Waals surface area (Å²) in [7, 11) is 6.20. The number of hydrogen-bond acceptors (Lipinski definition) is 10. The molecule has 11 nitrogen and oxygen atoms in total. The first kappa shape index (κ1) is 37.5. The van der Waals surface area contributed by atoms with Gasteiger partial charge in [-0.05, 0) is 79.2 Å². The second-order valence-corrected chi connectivity index (χ2v) is 13.2. The minimum absolute atomic E-state index is 0.0137. The number of nitrogens with zero attached hydrogens (tertiary/aromatic N) is 1. The van der Waals surface area contributed by atoms with Crippen molar-refractivity contribution in [2.75, 3.05) is 39.1 Å². The summed E-state index contributed by atoms with van der Waals surface area (Å²) in [5, 5.41) is 10.5. The predicted octanol–water partition coefficient (Wildman–Crippen LogP) is 7.76. The Morgan fingerprint density at radius 1 is 0.808 bits per heavy atom. The number of anilines is 2. The Bertz CT molecular complexity index is 2070. The fourth-order valence-electron chi connectivity index (χ4n) is 5.03. The molecule has 0 saturated heterocycles. The van der Waals surface area contributed by atoms with Crippen LogP contribution in [-0.2, 0) is 9.59 Å². The van der Waals surface area contributed by atoms with Gasteiger partial charge < -0.3 is 34.9 Å². The summed E-state index contributed by atoms with van der Waals surface area (Å²) in [5.41, 5.74) is 2.90. The fraction of sp³-hybridized carbons (Fsp3) is 0.179. The van der Waals surface area contributed by atoms with Gasteiger partial charge >= 0.3 is 0 Å². The average molecular weight is 739 g/mol. The van der Waals surface area contributed by atoms with Crippen LogP contribution in [0.5, 0.6) is 23.0 Å². The molecule has 3 amide bonds. The summed E-state index contributed by atoms with van der Waals surface area (Å²) < 4.78 is 21.6. The minimum atomic E-state index is -0.560. The molecule has 0 radical (unpaired) electrons. The molecule has 13 heteroatoms. The zero-order chi connectivity index (χ0) is 37.0. The van der Waals surface area contributed by atoms with Crippen LogP contribution in [0.4, 0.5) is 10.8 Å². The van der Waals surface area contributed by atoms with Crippen LogP contribution in [0.1, 0.15) is 29.3 Å². The Morgan fingerprint density at radius 2 is 1.56 bits per heavy atom. The van der Waals surface area contributed by atoms with Gasteiger partial charge in [-0.1, -0.05) is 31.2 Å². The van der Waals surface area contributed by atoms with Crippen LogP contribution >= 0.6 is 23.1 Å². The normalized spacial score (nSPS) is 11.6. The lowest BCUT2D eigenvalue weighted by atomic mass is 10.1. The Hall–Kier alpha value is -5.79. The van der Waals surface area contributed by atoms with Crippen LogP contribution in [0.2, 0.25) is 0 Å². The molecule has 52 heavy (non-hydrogen) atoms. The molecule has 5 rings (SSSR count). The van der Waals surface area contributed by atoms with Gasteiger partial charge in [-0.25, -0.2) is 4.98 Å². The highest BCUT2D eigenvalue weighted by atomic mass is 32.2. The molecule has 1 unspecified atom stereocenters. The molecule has 5 aromatic rings. The molecule has 0 aliphatic rings. The zero-order valence-electron chi connectivity index (χ0n) is 29.2. The first-order chi connectivity index (χ1) is 25.2. The monoisotopic (exact) mass is 738 g/mol. The Kier molecular flexibility index (Phi) is 12.9. The summed E-state index contributed by atoms with van der Waals surface area (Å²) in [6.45, 7) is 1.93. The second kappa shape index (κ2) is 17.9. The van der Waals surface area contributed by atoms with Crippen LogP contribution in [0.25, 0.3) is 17.3 Å². The topological polar surface area (TPSA) is 137 Å². The molecule has 1 atom stereocenters. The minimum Gasteiger partial charge on any atom is -0.497 e. The number of nitrogens with one attached hydrogen (secondary N) is 3. The second-order valence-electron chi connectivity index (χ2n) is 11.1. The first-order valence-electron chi connectivity index (χ1n) is 16.1. The smallest absolute Gasteiger partial charge is 0.272 e. The van der Waals surface area contributed by atoms with Gasteiger partial charge in [-0.3, -0.25) is 14.4 Å². The van der Waals surface area contributed by atoms with E-state index in [2.05, 4.69) is 20.9 Å². The van der Waals surface area contributed by atoms with Gasteiger partial charge in [0.25, 0.3) is 11.8 Å². The number of aromatic nitrogens is 1. The third kappa shape index (κ3) is 9.50. The lowest BCUT2D eigenvalue weighted by Crippen LogP contribution is -2.30. The van der Waals surface area contributed by atoms with E-state index < -0.39 is 17.1 Å². The van der Waals surface area contributed by atoms with E-state index in [-0.39, 0.29) is 11.6 Å². The quantitative estimate of drug-likeness (QED) is 0.0727. The van der Waals surface area contributed by atoms with Crippen molar-refractivity contribution in [1.29, 1.82) is 0 Å². The van der Waals surface area contributed by atoms with E-state index >= 15 is 0 Å². The lowest BCUT2D eigenvalue weighted by Gasteiger charge is -2.15. The van der Waals surface area contributed by atoms with E-state index in [1.807, 2.05) is 36.6 Å². The van der Waals surface area contributed by atoms with E-state index in [1.54, 1.807) is 80.9 Å². The van der Waals surface area contributed by atoms with Gasteiger partial charge in [-0.15, -0.1) is 23.1 Å². The van der Waals surface area contributed by atoms with Crippen LogP contribution in [0, 0.1) is 0 Å². The Balaban J connectivity index is 1.31. The number of amides is 3. The lowest BCUT2D eigenvalue weighted by molar-refractivity contribution is -0.116. The Morgan fingerprint density at radius 3 is 2.27 bits per heavy atom. The van der Waals surface area contributed by atoms with E-state index in [4.69, 9.17) is 18.9 Å². The zero-order valence-corrected chi connectivity index (χ0v) is 30.9. The SMILES string of the molecule is CCC(Sc1cccc(NC(=O)/C(=C\c2cc(OC)ccc2OC)NC(=O)c2ccccc2)c1)C(=O)Nc1nc(-c2ccc(OC)c(OC)c2)cs1. The molecule has 4 aromatic carbocycles. The molecular formula is C39H38N4O7S2. The van der Waals surface area contributed by atoms with Gasteiger partial charge in [-0.2, -0.15) is 0 Å². The van der Waals surface area contributed by atoms with Crippen LogP contribution in [0.3, 0.4) is 0 Å². The predicted molar refractivity (Wildman–Crippen MR) is 206 cm³/mol. The van der Waals surface area contributed by atoms with Gasteiger partial charge in [0.15, 0.2) is 16.6 Å². The van der Waals surface area contributed by atoms with Crippen LogP contribution < -0.4 is 34.9 Å². The van der Waals surface area contributed by atoms with Crippen molar-refractivity contribution in [2.45, 2.75) is 23.5 Å². The maximum absolute atomic E-state index is 13.8. The number of rotatable bonds is 15. The number of methoxy groups -OCH3 is 4. The molecule has 0 aliphatic carbocycles. The van der Waals surface area contributed by atoms with Crippen LogP contribution in [0.15, 0.2) is 107 Å². The first-order valence-corrected chi connectivity index (χ1v) is 17.9. The van der Waals surface area contributed by atoms with Crippen molar-refractivity contribution in [3.05, 3.63) is 113 Å². The summed E-state index contributed by atoms with van der Waals surface area (Å²) in [5.74, 6) is 1.01. The molecule has 0 fully saturated rings. The van der Waals surface area contributed by atoms with Crippen molar-refractivity contribution in [1.82, 2.24) is 10.3 Å². The standard InChI is InChI=1S/C39H38N4O7S2/c1-6-35(38(46)43-39-42-31(23-51-39)25-15-17-33(49-4)34(21-25)50-5)52-29-14-10-13-27(22-29)40-37(45)30(41-36(44)24-11-8-7-9-12-24)20-26-19-28(47-2)16-18-32(26)48-3/h7-23,35H,6H2,1-5H3,(H,40,45)(H,41,44)(H,42,43,46)/b30-20+. The highest BCUT2D eigenvalue weighted by Gasteiger charge is 2.21. The Labute approximate surface area is 310 Å². The number of ether oxygens (including phenoxy) is 4. The van der Waals surface area contributed by atoms with E-state index in [0.717, 1.165) is 10.5 Å². The number of hydrogen-bond donors (Lipinski definition) is 3. The van der Waals surface area contributed by atoms with Gasteiger partial charge in [0, 0.05) is 32.7 Å². The number of thioether (sulfide) groups is 1. The third-order valence-electron chi connectivity index (χ3n) is 7.71. The molecule has 268 valence electrons. The van der Waals surface area contributed by atoms with Crippen molar-refractivity contribution < 1.29 is 33.3 Å². The number of carbonyl (C=O) groups excluding carboxylic acids is 3. The van der Waals surface area contributed by atoms with Crippen molar-refractivity contribution in [3.8, 4) is 34.3 Å². The summed E-state index contributed by atoms with van der Waals surface area (Å²) in [6, 6.07) is 26.4. The maximum atomic E-state index is 13.8. The highest BCUT2D eigenvalue weighted by Crippen LogP contribution is 2.34.